The lowest BCUT2D eigenvalue weighted by molar-refractivity contribution is -0.137. The van der Waals surface area contributed by atoms with Gasteiger partial charge < -0.3 is 25.4 Å². The largest absolute Gasteiger partial charge is 0.481 e. The molecular weight excluding hydrogens is 494 g/mol. The molecule has 0 aliphatic heterocycles. The molecule has 3 aromatic carbocycles. The quantitative estimate of drug-likeness (QED) is 0.321. The van der Waals surface area contributed by atoms with Crippen LogP contribution in [0.1, 0.15) is 42.4 Å². The van der Waals surface area contributed by atoms with Crippen molar-refractivity contribution in [3.8, 4) is 11.1 Å². The highest BCUT2D eigenvalue weighted by Crippen LogP contribution is 2.44. The van der Waals surface area contributed by atoms with Crippen LogP contribution in [-0.4, -0.2) is 60.3 Å². The summed E-state index contributed by atoms with van der Waals surface area (Å²) in [6.45, 7) is 3.29. The Morgan fingerprint density at radius 1 is 0.897 bits per heavy atom. The fourth-order valence-corrected chi connectivity index (χ4v) is 5.14. The second-order valence-corrected chi connectivity index (χ2v) is 10.0. The molecule has 0 saturated carbocycles. The Morgan fingerprint density at radius 3 is 2.10 bits per heavy atom. The summed E-state index contributed by atoms with van der Waals surface area (Å²) in [6.07, 6.45) is -1.06. The Kier molecular flexibility index (Phi) is 9.33. The number of likely N-dealkylation sites (N-methyl/N-ethyl adjacent to an activating group) is 1. The maximum Gasteiger partial charge on any atom is 0.407 e. The summed E-state index contributed by atoms with van der Waals surface area (Å²) in [5.41, 5.74) is 5.56. The number of hydrogen-bond donors (Lipinski definition) is 3. The summed E-state index contributed by atoms with van der Waals surface area (Å²) >= 11 is 0. The third kappa shape index (κ3) is 7.45. The van der Waals surface area contributed by atoms with Gasteiger partial charge in [0.1, 0.15) is 12.6 Å². The Balaban J connectivity index is 1.33. The highest BCUT2D eigenvalue weighted by atomic mass is 16.5. The van der Waals surface area contributed by atoms with E-state index in [1.165, 1.54) is 0 Å². The molecule has 0 saturated heterocycles. The van der Waals surface area contributed by atoms with E-state index in [1.807, 2.05) is 80.7 Å². The van der Waals surface area contributed by atoms with Gasteiger partial charge in [-0.15, -0.1) is 0 Å². The first-order valence-corrected chi connectivity index (χ1v) is 13.2. The number of ether oxygens (including phenoxy) is 1. The van der Waals surface area contributed by atoms with Crippen LogP contribution < -0.4 is 10.6 Å². The lowest BCUT2D eigenvalue weighted by atomic mass is 9.98. The van der Waals surface area contributed by atoms with E-state index in [-0.39, 0.29) is 31.4 Å². The summed E-state index contributed by atoms with van der Waals surface area (Å²) in [5, 5.41) is 14.7. The van der Waals surface area contributed by atoms with Crippen molar-refractivity contribution >= 4 is 18.0 Å². The Bertz CT molecular complexity index is 1250. The van der Waals surface area contributed by atoms with E-state index < -0.39 is 24.0 Å². The fourth-order valence-electron chi connectivity index (χ4n) is 5.14. The van der Waals surface area contributed by atoms with Crippen LogP contribution in [0.15, 0.2) is 78.9 Å². The molecule has 0 aromatic heterocycles. The van der Waals surface area contributed by atoms with Crippen molar-refractivity contribution in [3.05, 3.63) is 95.6 Å². The molecule has 8 heteroatoms. The Hall–Kier alpha value is -4.17. The molecule has 2 amide bonds. The fraction of sp³-hybridized carbons (Fsp3) is 0.323. The van der Waals surface area contributed by atoms with E-state index in [9.17, 15) is 14.4 Å². The van der Waals surface area contributed by atoms with Gasteiger partial charge in [0.25, 0.3) is 0 Å². The van der Waals surface area contributed by atoms with Crippen LogP contribution in [0.5, 0.6) is 0 Å². The standard InChI is InChI=1S/C31H35N3O5/c1-21(18-34(2)19-22-10-4-3-5-11-22)32-30(37)28(16-17-29(35)36)33-31(38)39-20-27-25-14-8-6-12-23(25)24-13-7-9-15-26(24)27/h3-15,21,27-28H,16-20H2,1-2H3,(H,32,37)(H,33,38)(H,35,36). The molecule has 39 heavy (non-hydrogen) atoms. The molecule has 8 nitrogen and oxygen atoms in total. The number of amides is 2. The monoisotopic (exact) mass is 529 g/mol. The first kappa shape index (κ1) is 27.9. The second kappa shape index (κ2) is 13.1. The number of aliphatic carboxylic acids is 1. The van der Waals surface area contributed by atoms with Gasteiger partial charge in [-0.05, 0) is 48.2 Å². The van der Waals surface area contributed by atoms with Gasteiger partial charge in [-0.1, -0.05) is 78.9 Å². The predicted octanol–water partition coefficient (Wildman–Crippen LogP) is 4.40. The molecule has 1 aliphatic rings. The van der Waals surface area contributed by atoms with E-state index in [4.69, 9.17) is 9.84 Å². The molecule has 4 rings (SSSR count). The number of carbonyl (C=O) groups excluding carboxylic acids is 2. The average Bonchev–Trinajstić information content (AvgIpc) is 3.23. The number of fused-ring (bicyclic) bond motifs is 3. The minimum Gasteiger partial charge on any atom is -0.481 e. The molecule has 0 radical (unpaired) electrons. The Labute approximate surface area is 229 Å². The SMILES string of the molecule is CC(CN(C)Cc1ccccc1)NC(=O)C(CCC(=O)O)NC(=O)OCC1c2ccccc2-c2ccccc21. The first-order chi connectivity index (χ1) is 18.8. The van der Waals surface area contributed by atoms with E-state index in [0.29, 0.717) is 6.54 Å². The van der Waals surface area contributed by atoms with Gasteiger partial charge in [0.15, 0.2) is 0 Å². The lowest BCUT2D eigenvalue weighted by Gasteiger charge is -2.25. The van der Waals surface area contributed by atoms with Crippen molar-refractivity contribution < 1.29 is 24.2 Å². The molecule has 1 aliphatic carbocycles. The summed E-state index contributed by atoms with van der Waals surface area (Å²) < 4.78 is 5.58. The van der Waals surface area contributed by atoms with Crippen LogP contribution in [0.2, 0.25) is 0 Å². The van der Waals surface area contributed by atoms with Crippen molar-refractivity contribution in [2.75, 3.05) is 20.2 Å². The lowest BCUT2D eigenvalue weighted by Crippen LogP contribution is -2.51. The van der Waals surface area contributed by atoms with Gasteiger partial charge in [-0.25, -0.2) is 4.79 Å². The number of hydrogen-bond acceptors (Lipinski definition) is 5. The minimum atomic E-state index is -1.04. The summed E-state index contributed by atoms with van der Waals surface area (Å²) in [4.78, 5) is 39.1. The molecule has 204 valence electrons. The number of carbonyl (C=O) groups is 3. The van der Waals surface area contributed by atoms with Crippen LogP contribution in [0.3, 0.4) is 0 Å². The molecule has 0 heterocycles. The smallest absolute Gasteiger partial charge is 0.407 e. The van der Waals surface area contributed by atoms with Gasteiger partial charge in [0.2, 0.25) is 5.91 Å². The number of rotatable bonds is 12. The van der Waals surface area contributed by atoms with Crippen molar-refractivity contribution in [2.45, 2.75) is 44.3 Å². The summed E-state index contributed by atoms with van der Waals surface area (Å²) in [7, 11) is 1.96. The van der Waals surface area contributed by atoms with E-state index >= 15 is 0 Å². The van der Waals surface area contributed by atoms with Gasteiger partial charge in [0, 0.05) is 31.5 Å². The summed E-state index contributed by atoms with van der Waals surface area (Å²) in [6, 6.07) is 24.8. The molecule has 0 spiro atoms. The highest BCUT2D eigenvalue weighted by molar-refractivity contribution is 5.86. The first-order valence-electron chi connectivity index (χ1n) is 13.2. The number of alkyl carbamates (subject to hydrolysis) is 1. The average molecular weight is 530 g/mol. The predicted molar refractivity (Wildman–Crippen MR) is 149 cm³/mol. The van der Waals surface area contributed by atoms with Gasteiger partial charge in [-0.3, -0.25) is 9.59 Å². The van der Waals surface area contributed by atoms with Gasteiger partial charge >= 0.3 is 12.1 Å². The second-order valence-electron chi connectivity index (χ2n) is 10.0. The van der Waals surface area contributed by atoms with E-state index in [0.717, 1.165) is 34.4 Å². The number of nitrogens with zero attached hydrogens (tertiary/aromatic N) is 1. The van der Waals surface area contributed by atoms with Crippen molar-refractivity contribution in [3.63, 3.8) is 0 Å². The van der Waals surface area contributed by atoms with Crippen LogP contribution in [0.25, 0.3) is 11.1 Å². The maximum absolute atomic E-state index is 13.0. The molecule has 3 N–H and O–H groups in total. The third-order valence-electron chi connectivity index (χ3n) is 6.87. The summed E-state index contributed by atoms with van der Waals surface area (Å²) in [5.74, 6) is -1.60. The highest BCUT2D eigenvalue weighted by Gasteiger charge is 2.30. The van der Waals surface area contributed by atoms with Crippen molar-refractivity contribution in [1.82, 2.24) is 15.5 Å². The normalized spacial score (nSPS) is 13.7. The maximum atomic E-state index is 13.0. The minimum absolute atomic E-state index is 0.0437. The topological polar surface area (TPSA) is 108 Å². The van der Waals surface area contributed by atoms with Crippen LogP contribution in [0.4, 0.5) is 4.79 Å². The molecule has 0 fully saturated rings. The zero-order chi connectivity index (χ0) is 27.8. The van der Waals surface area contributed by atoms with E-state index in [1.54, 1.807) is 0 Å². The van der Waals surface area contributed by atoms with Crippen LogP contribution in [0, 0.1) is 0 Å². The van der Waals surface area contributed by atoms with Gasteiger partial charge in [0.05, 0.1) is 0 Å². The molecule has 2 unspecified atom stereocenters. The third-order valence-corrected chi connectivity index (χ3v) is 6.87. The number of carboxylic acid groups (broad SMARTS) is 1. The zero-order valence-electron chi connectivity index (χ0n) is 22.3. The van der Waals surface area contributed by atoms with Gasteiger partial charge in [-0.2, -0.15) is 0 Å². The van der Waals surface area contributed by atoms with Crippen LogP contribution in [-0.2, 0) is 20.9 Å². The van der Waals surface area contributed by atoms with Crippen molar-refractivity contribution in [2.24, 2.45) is 0 Å². The van der Waals surface area contributed by atoms with E-state index in [2.05, 4.69) is 27.7 Å². The van der Waals surface area contributed by atoms with Crippen LogP contribution >= 0.6 is 0 Å². The molecule has 0 bridgehead atoms. The molecule has 3 aromatic rings. The number of nitrogens with one attached hydrogen (secondary N) is 2. The van der Waals surface area contributed by atoms with Crippen molar-refractivity contribution in [1.29, 1.82) is 0 Å². The number of benzene rings is 3. The Morgan fingerprint density at radius 2 is 1.49 bits per heavy atom. The molecule has 2 atom stereocenters. The molecular formula is C31H35N3O5. The zero-order valence-corrected chi connectivity index (χ0v) is 22.3. The number of carboxylic acids is 1.